The molecule has 3 nitrogen and oxygen atoms in total. The average molecular weight is 197 g/mol. The number of rotatable bonds is 4. The van der Waals surface area contributed by atoms with E-state index < -0.39 is 0 Å². The van der Waals surface area contributed by atoms with Crippen molar-refractivity contribution < 1.29 is 5.11 Å². The van der Waals surface area contributed by atoms with Crippen molar-refractivity contribution in [1.29, 1.82) is 0 Å². The van der Waals surface area contributed by atoms with Gasteiger partial charge in [0.1, 0.15) is 5.69 Å². The van der Waals surface area contributed by atoms with Gasteiger partial charge in [-0.3, -0.25) is 0 Å². The molecule has 0 atom stereocenters. The first-order chi connectivity index (χ1) is 6.27. The fourth-order valence-corrected chi connectivity index (χ4v) is 1.70. The van der Waals surface area contributed by atoms with Gasteiger partial charge in [-0.1, -0.05) is 6.07 Å². The molecule has 0 aromatic heterocycles. The summed E-state index contributed by atoms with van der Waals surface area (Å²) in [5, 5.41) is 11.5. The van der Waals surface area contributed by atoms with Crippen molar-refractivity contribution in [1.82, 2.24) is 0 Å². The van der Waals surface area contributed by atoms with Crippen molar-refractivity contribution in [3.05, 3.63) is 28.7 Å². The predicted octanol–water partition coefficient (Wildman–Crippen LogP) is 2.48. The van der Waals surface area contributed by atoms with Crippen LogP contribution in [-0.4, -0.2) is 17.5 Å². The van der Waals surface area contributed by atoms with E-state index in [9.17, 15) is 4.91 Å². The van der Waals surface area contributed by atoms with Crippen molar-refractivity contribution >= 4 is 17.4 Å². The largest absolute Gasteiger partial charge is 0.396 e. The first kappa shape index (κ1) is 10.2. The minimum atomic E-state index is 0.108. The lowest BCUT2D eigenvalue weighted by molar-refractivity contribution is 0.322. The monoisotopic (exact) mass is 197 g/mol. The Bertz CT molecular complexity index is 302. The summed E-state index contributed by atoms with van der Waals surface area (Å²) in [7, 11) is 0. The van der Waals surface area contributed by atoms with Crippen molar-refractivity contribution in [3.63, 3.8) is 0 Å². The van der Waals surface area contributed by atoms with Crippen LogP contribution in [0, 0.1) is 11.8 Å². The summed E-state index contributed by atoms with van der Waals surface area (Å²) < 4.78 is 0. The van der Waals surface area contributed by atoms with Crippen LogP contribution in [0.5, 0.6) is 0 Å². The summed E-state index contributed by atoms with van der Waals surface area (Å²) in [4.78, 5) is 11.2. The second-order valence-electron chi connectivity index (χ2n) is 2.63. The van der Waals surface area contributed by atoms with Crippen molar-refractivity contribution in [3.8, 4) is 0 Å². The van der Waals surface area contributed by atoms with Crippen molar-refractivity contribution in [2.24, 2.45) is 5.18 Å². The van der Waals surface area contributed by atoms with Gasteiger partial charge in [-0.2, -0.15) is 0 Å². The summed E-state index contributed by atoms with van der Waals surface area (Å²) in [5.41, 5.74) is 1.47. The zero-order chi connectivity index (χ0) is 9.68. The maximum Gasteiger partial charge on any atom is 0.121 e. The molecular formula is C9H11NO2S. The number of nitrogens with zero attached hydrogens (tertiary/aromatic N) is 1. The first-order valence-electron chi connectivity index (χ1n) is 3.95. The Morgan fingerprint density at radius 2 is 2.31 bits per heavy atom. The third-order valence-electron chi connectivity index (χ3n) is 1.56. The molecule has 0 aliphatic carbocycles. The Labute approximate surface area is 81.1 Å². The van der Waals surface area contributed by atoms with E-state index in [-0.39, 0.29) is 6.61 Å². The van der Waals surface area contributed by atoms with Crippen LogP contribution in [0.15, 0.2) is 28.3 Å². The molecule has 0 saturated heterocycles. The van der Waals surface area contributed by atoms with Gasteiger partial charge in [-0.25, -0.2) is 0 Å². The summed E-state index contributed by atoms with van der Waals surface area (Å²) >= 11 is 1.44. The number of aliphatic hydroxyl groups is 1. The van der Waals surface area contributed by atoms with Gasteiger partial charge in [0.15, 0.2) is 0 Å². The minimum Gasteiger partial charge on any atom is -0.396 e. The van der Waals surface area contributed by atoms with Crippen LogP contribution in [0.4, 0.5) is 5.69 Å². The highest BCUT2D eigenvalue weighted by Crippen LogP contribution is 2.29. The van der Waals surface area contributed by atoms with Gasteiger partial charge in [0, 0.05) is 10.6 Å². The quantitative estimate of drug-likeness (QED) is 0.596. The van der Waals surface area contributed by atoms with E-state index in [0.29, 0.717) is 11.4 Å². The Hall–Kier alpha value is -0.870. The van der Waals surface area contributed by atoms with Gasteiger partial charge < -0.3 is 5.11 Å². The second kappa shape index (κ2) is 4.99. The van der Waals surface area contributed by atoms with Gasteiger partial charge in [-0.15, -0.1) is 16.7 Å². The average Bonchev–Trinajstić information content (AvgIpc) is 2.16. The Morgan fingerprint density at radius 1 is 1.54 bits per heavy atom. The molecule has 4 heteroatoms. The van der Waals surface area contributed by atoms with Crippen molar-refractivity contribution in [2.75, 3.05) is 12.4 Å². The van der Waals surface area contributed by atoms with Crippen LogP contribution in [0.2, 0.25) is 0 Å². The predicted molar refractivity (Wildman–Crippen MR) is 54.4 cm³/mol. The third kappa shape index (κ3) is 2.82. The summed E-state index contributed by atoms with van der Waals surface area (Å²) in [5.74, 6) is 0.589. The molecule has 0 amide bonds. The summed E-state index contributed by atoms with van der Waals surface area (Å²) in [6, 6.07) is 5.52. The molecule has 0 fully saturated rings. The van der Waals surface area contributed by atoms with Gasteiger partial charge in [0.05, 0.1) is 6.61 Å². The van der Waals surface area contributed by atoms with Crippen LogP contribution >= 0.6 is 11.8 Å². The minimum absolute atomic E-state index is 0.108. The van der Waals surface area contributed by atoms with Crippen LogP contribution < -0.4 is 0 Å². The highest BCUT2D eigenvalue weighted by Gasteiger charge is 2.02. The molecule has 0 spiro atoms. The van der Waals surface area contributed by atoms with E-state index in [1.807, 2.05) is 19.1 Å². The van der Waals surface area contributed by atoms with E-state index in [1.165, 1.54) is 11.8 Å². The van der Waals surface area contributed by atoms with Crippen molar-refractivity contribution in [2.45, 2.75) is 11.8 Å². The Kier molecular flexibility index (Phi) is 3.92. The lowest BCUT2D eigenvalue weighted by Crippen LogP contribution is -1.85. The molecule has 1 aromatic carbocycles. The first-order valence-corrected chi connectivity index (χ1v) is 4.94. The molecule has 0 heterocycles. The van der Waals surface area contributed by atoms with E-state index >= 15 is 0 Å². The standard InChI is InChI=1S/C9H11NO2S/c1-7-2-3-9(13-5-4-11)8(6-7)10-12/h2-3,6,11H,4-5H2,1H3. The van der Waals surface area contributed by atoms with E-state index in [1.54, 1.807) is 6.07 Å². The molecular weight excluding hydrogens is 186 g/mol. The highest BCUT2D eigenvalue weighted by molar-refractivity contribution is 7.99. The number of thioether (sulfide) groups is 1. The second-order valence-corrected chi connectivity index (χ2v) is 3.77. The molecule has 0 radical (unpaired) electrons. The normalized spacial score (nSPS) is 10.0. The van der Waals surface area contributed by atoms with Crippen LogP contribution in [0.1, 0.15) is 5.56 Å². The summed E-state index contributed by atoms with van der Waals surface area (Å²) in [6.45, 7) is 2.02. The van der Waals surface area contributed by atoms with E-state index in [4.69, 9.17) is 5.11 Å². The number of aryl methyl sites for hydroxylation is 1. The number of hydrogen-bond acceptors (Lipinski definition) is 4. The lowest BCUT2D eigenvalue weighted by atomic mass is 10.2. The fourth-order valence-electron chi connectivity index (χ4n) is 0.976. The van der Waals surface area contributed by atoms with E-state index in [2.05, 4.69) is 5.18 Å². The number of hydrogen-bond donors (Lipinski definition) is 1. The molecule has 0 aliphatic rings. The van der Waals surface area contributed by atoms with Gasteiger partial charge in [0.2, 0.25) is 0 Å². The number of nitroso groups, excluding NO2 is 1. The Balaban J connectivity index is 2.86. The molecule has 0 aliphatic heterocycles. The van der Waals surface area contributed by atoms with Crippen LogP contribution in [-0.2, 0) is 0 Å². The third-order valence-corrected chi connectivity index (χ3v) is 2.60. The topological polar surface area (TPSA) is 49.7 Å². The number of aliphatic hydroxyl groups excluding tert-OH is 1. The van der Waals surface area contributed by atoms with E-state index in [0.717, 1.165) is 10.5 Å². The smallest absolute Gasteiger partial charge is 0.121 e. The molecule has 0 unspecified atom stereocenters. The molecule has 13 heavy (non-hydrogen) atoms. The number of benzene rings is 1. The molecule has 0 saturated carbocycles. The fraction of sp³-hybridized carbons (Fsp3) is 0.333. The maximum absolute atomic E-state index is 10.4. The SMILES string of the molecule is Cc1ccc(SCCO)c(N=O)c1. The van der Waals surface area contributed by atoms with Crippen LogP contribution in [0.25, 0.3) is 0 Å². The zero-order valence-corrected chi connectivity index (χ0v) is 8.17. The molecule has 1 rings (SSSR count). The van der Waals surface area contributed by atoms with Crippen LogP contribution in [0.3, 0.4) is 0 Å². The zero-order valence-electron chi connectivity index (χ0n) is 7.36. The maximum atomic E-state index is 10.4. The molecule has 1 aromatic rings. The highest BCUT2D eigenvalue weighted by atomic mass is 32.2. The van der Waals surface area contributed by atoms with Gasteiger partial charge in [0.25, 0.3) is 0 Å². The summed E-state index contributed by atoms with van der Waals surface area (Å²) in [6.07, 6.45) is 0. The van der Waals surface area contributed by atoms with Gasteiger partial charge in [-0.05, 0) is 29.8 Å². The van der Waals surface area contributed by atoms with Gasteiger partial charge >= 0.3 is 0 Å². The molecule has 0 bridgehead atoms. The Morgan fingerprint density at radius 3 is 2.92 bits per heavy atom. The lowest BCUT2D eigenvalue weighted by Gasteiger charge is -2.02. The molecule has 70 valence electrons. The molecule has 1 N–H and O–H groups in total.